The molecular weight excluding hydrogens is 690 g/mol. The summed E-state index contributed by atoms with van der Waals surface area (Å²) in [5.74, 6) is 0.830. The first-order valence-electron chi connectivity index (χ1n) is 18.6. The fourth-order valence-corrected chi connectivity index (χ4v) is 8.87. The Morgan fingerprint density at radius 1 is 0.364 bits per heavy atom. The van der Waals surface area contributed by atoms with Crippen molar-refractivity contribution in [1.29, 1.82) is 0 Å². The van der Waals surface area contributed by atoms with E-state index < -0.39 is 7.92 Å². The summed E-state index contributed by atoms with van der Waals surface area (Å²) in [5.41, 5.74) is 9.78. The van der Waals surface area contributed by atoms with Gasteiger partial charge in [-0.25, -0.2) is 4.90 Å². The largest absolute Gasteiger partial charge is 0.493 e. The molecule has 0 aromatic heterocycles. The van der Waals surface area contributed by atoms with Crippen molar-refractivity contribution in [2.24, 2.45) is 10.2 Å². The van der Waals surface area contributed by atoms with Crippen LogP contribution < -0.4 is 20.2 Å². The second kappa shape index (κ2) is 17.6. The highest BCUT2D eigenvalue weighted by Crippen LogP contribution is 2.33. The average Bonchev–Trinajstić information content (AvgIpc) is 3.27. The summed E-state index contributed by atoms with van der Waals surface area (Å²) in [6.07, 6.45) is 0.942. The van der Waals surface area contributed by atoms with Gasteiger partial charge in [0.2, 0.25) is 0 Å². The molecule has 0 heterocycles. The van der Waals surface area contributed by atoms with E-state index >= 15 is 0 Å². The maximum absolute atomic E-state index is 6.21. The van der Waals surface area contributed by atoms with Gasteiger partial charge in [-0.05, 0) is 101 Å². The van der Waals surface area contributed by atoms with E-state index in [1.54, 1.807) is 0 Å². The van der Waals surface area contributed by atoms with Crippen molar-refractivity contribution in [3.63, 3.8) is 0 Å². The minimum absolute atomic E-state index is 0.499. The Labute approximate surface area is 324 Å². The van der Waals surface area contributed by atoms with Crippen molar-refractivity contribution in [1.82, 2.24) is 0 Å². The van der Waals surface area contributed by atoms with E-state index in [9.17, 15) is 0 Å². The molecule has 0 aliphatic heterocycles. The smallest absolute Gasteiger partial charge is 0.141 e. The summed E-state index contributed by atoms with van der Waals surface area (Å²) >= 11 is 0. The number of hydrogen-bond donors (Lipinski definition) is 1. The van der Waals surface area contributed by atoms with Crippen LogP contribution in [0.1, 0.15) is 0 Å². The maximum atomic E-state index is 6.21. The monoisotopic (exact) mass is 730 g/mol. The Bertz CT molecular complexity index is 2280. The summed E-state index contributed by atoms with van der Waals surface area (Å²) in [5, 5.41) is 11.8. The van der Waals surface area contributed by atoms with Crippen LogP contribution in [0.2, 0.25) is 0 Å². The molecule has 0 bridgehead atoms. The van der Waals surface area contributed by atoms with Gasteiger partial charge in [-0.1, -0.05) is 121 Å². The second-order valence-electron chi connectivity index (χ2n) is 13.2. The Morgan fingerprint density at radius 3 is 1.13 bits per heavy atom. The van der Waals surface area contributed by atoms with Crippen LogP contribution in [0.15, 0.2) is 229 Å². The number of azo groups is 1. The molecule has 0 unspecified atom stereocenters. The van der Waals surface area contributed by atoms with Crippen LogP contribution in [0.5, 0.6) is 5.75 Å². The maximum Gasteiger partial charge on any atom is 0.141 e. The Hall–Kier alpha value is -6.45. The normalized spacial score (nSPS) is 11.3. The lowest BCUT2D eigenvalue weighted by atomic mass is 10.0. The van der Waals surface area contributed by atoms with E-state index in [-0.39, 0.29) is 0 Å². The van der Waals surface area contributed by atoms with Crippen LogP contribution in [0.25, 0.3) is 22.3 Å². The van der Waals surface area contributed by atoms with E-state index in [4.69, 9.17) is 4.74 Å². The third kappa shape index (κ3) is 9.03. The molecule has 4 nitrogen and oxygen atoms in total. The first kappa shape index (κ1) is 35.6. The van der Waals surface area contributed by atoms with Gasteiger partial charge < -0.3 is 4.74 Å². The van der Waals surface area contributed by atoms with Crippen molar-refractivity contribution in [3.8, 4) is 28.0 Å². The molecule has 0 aliphatic rings. The fourth-order valence-electron chi connectivity index (χ4n) is 6.72. The third-order valence-electron chi connectivity index (χ3n) is 9.55. The zero-order valence-electron chi connectivity index (χ0n) is 30.4. The molecule has 0 amide bonds. The molecule has 266 valence electrons. The molecule has 0 radical (unpaired) electrons. The minimum atomic E-state index is -0.499. The molecule has 0 fully saturated rings. The highest BCUT2D eigenvalue weighted by Gasteiger charge is 2.20. The first-order chi connectivity index (χ1) is 27.3. The minimum Gasteiger partial charge on any atom is -0.493 e. The van der Waals surface area contributed by atoms with Crippen molar-refractivity contribution >= 4 is 47.0 Å². The number of rotatable bonds is 13. The molecule has 0 spiro atoms. The fraction of sp³-hybridized carbons (Fsp3) is 0.0400. The molecule has 5 heteroatoms. The molecule has 8 rings (SSSR count). The van der Waals surface area contributed by atoms with Crippen LogP contribution in [-0.2, 0) is 0 Å². The highest BCUT2D eigenvalue weighted by atomic mass is 31.1. The Balaban J connectivity index is 0.956. The predicted molar refractivity (Wildman–Crippen MR) is 230 cm³/mol. The average molecular weight is 731 g/mol. The summed E-state index contributed by atoms with van der Waals surface area (Å²) in [7, 11) is -0.499. The van der Waals surface area contributed by atoms with E-state index in [1.807, 2.05) is 48.5 Å². The quantitative estimate of drug-likeness (QED) is 0.0931. The van der Waals surface area contributed by atoms with Crippen LogP contribution in [-0.4, -0.2) is 12.8 Å². The number of quaternary nitrogens is 1. The van der Waals surface area contributed by atoms with Gasteiger partial charge in [0, 0.05) is 42.6 Å². The van der Waals surface area contributed by atoms with Crippen molar-refractivity contribution in [2.45, 2.75) is 0 Å². The molecule has 55 heavy (non-hydrogen) atoms. The van der Waals surface area contributed by atoms with E-state index in [1.165, 1.54) is 37.8 Å². The molecule has 0 saturated carbocycles. The second-order valence-corrected chi connectivity index (χ2v) is 15.5. The number of nitrogens with zero attached hydrogens (tertiary/aromatic N) is 2. The van der Waals surface area contributed by atoms with Gasteiger partial charge in [-0.15, -0.1) is 0 Å². The molecule has 0 atom stereocenters. The van der Waals surface area contributed by atoms with Crippen LogP contribution in [0.4, 0.5) is 28.4 Å². The van der Waals surface area contributed by atoms with Gasteiger partial charge in [0.25, 0.3) is 0 Å². The number of hydrogen-bond acceptors (Lipinski definition) is 3. The SMILES string of the molecule is c1ccc(-c2ccc([NH+](c3ccc(N=Nc4ccc(OCCP(c5ccccc5)c5ccccc5)cc4)cc3)c3ccc(-c4ccccc4)cc3)cc2)cc1. The zero-order valence-corrected chi connectivity index (χ0v) is 31.3. The van der Waals surface area contributed by atoms with E-state index in [2.05, 4.69) is 180 Å². The van der Waals surface area contributed by atoms with Crippen LogP contribution in [0, 0.1) is 0 Å². The van der Waals surface area contributed by atoms with Crippen LogP contribution >= 0.6 is 7.92 Å². The molecule has 8 aromatic rings. The molecule has 0 aliphatic carbocycles. The van der Waals surface area contributed by atoms with Gasteiger partial charge in [-0.3, -0.25) is 0 Å². The molecule has 8 aromatic carbocycles. The number of nitrogens with one attached hydrogen (secondary N) is 1. The zero-order chi connectivity index (χ0) is 37.1. The van der Waals surface area contributed by atoms with E-state index in [0.29, 0.717) is 6.61 Å². The third-order valence-corrected chi connectivity index (χ3v) is 12.0. The highest BCUT2D eigenvalue weighted by molar-refractivity contribution is 7.73. The molecule has 1 N–H and O–H groups in total. The van der Waals surface area contributed by atoms with Crippen molar-refractivity contribution < 1.29 is 9.64 Å². The van der Waals surface area contributed by atoms with Gasteiger partial charge in [0.1, 0.15) is 22.8 Å². The van der Waals surface area contributed by atoms with E-state index in [0.717, 1.165) is 40.3 Å². The lowest BCUT2D eigenvalue weighted by molar-refractivity contribution is -0.681. The first-order valence-corrected chi connectivity index (χ1v) is 20.1. The summed E-state index contributed by atoms with van der Waals surface area (Å²) in [6, 6.07) is 76.3. The van der Waals surface area contributed by atoms with Crippen molar-refractivity contribution in [2.75, 3.05) is 12.8 Å². The van der Waals surface area contributed by atoms with Crippen molar-refractivity contribution in [3.05, 3.63) is 218 Å². The number of benzene rings is 8. The van der Waals surface area contributed by atoms with Gasteiger partial charge in [-0.2, -0.15) is 10.2 Å². The summed E-state index contributed by atoms with van der Waals surface area (Å²) in [4.78, 5) is 1.17. The molecule has 0 saturated heterocycles. The number of ether oxygens (including phenoxy) is 1. The summed E-state index contributed by atoms with van der Waals surface area (Å²) in [6.45, 7) is 0.635. The van der Waals surface area contributed by atoms with Crippen LogP contribution in [0.3, 0.4) is 0 Å². The standard InChI is InChI=1S/C50H40N3OP/c1-5-13-39(14-6-1)41-21-29-45(30-22-41)53(46-31-23-42(24-32-46)40-15-7-2-8-16-40)47-33-25-43(26-34-47)51-52-44-27-35-48(36-28-44)54-37-38-55(49-17-9-3-10-18-49)50-19-11-4-12-20-50/h1-36H,37-38H2/p+1. The van der Waals surface area contributed by atoms with Gasteiger partial charge in [0.05, 0.1) is 18.0 Å². The summed E-state index contributed by atoms with van der Waals surface area (Å²) < 4.78 is 6.21. The topological polar surface area (TPSA) is 38.4 Å². The molecular formula is C50H41N3OP+. The Morgan fingerprint density at radius 2 is 0.709 bits per heavy atom. The lowest BCUT2D eigenvalue weighted by Gasteiger charge is -2.19. The lowest BCUT2D eigenvalue weighted by Crippen LogP contribution is -2.96. The van der Waals surface area contributed by atoms with Gasteiger partial charge >= 0.3 is 0 Å². The van der Waals surface area contributed by atoms with Gasteiger partial charge in [0.15, 0.2) is 0 Å². The predicted octanol–water partition coefficient (Wildman–Crippen LogP) is 12.1. The Kier molecular flexibility index (Phi) is 11.4.